The van der Waals surface area contributed by atoms with Gasteiger partial charge in [-0.25, -0.2) is 17.5 Å². The minimum atomic E-state index is -4.13. The third-order valence-electron chi connectivity index (χ3n) is 2.20. The second-order valence-electron chi connectivity index (χ2n) is 3.57. The van der Waals surface area contributed by atoms with Gasteiger partial charge in [-0.1, -0.05) is 5.11 Å². The van der Waals surface area contributed by atoms with Gasteiger partial charge >= 0.3 is 0 Å². The Kier molecular flexibility index (Phi) is 5.38. The summed E-state index contributed by atoms with van der Waals surface area (Å²) in [5, 5.41) is 13.9. The number of rotatable bonds is 7. The van der Waals surface area contributed by atoms with E-state index in [9.17, 15) is 22.9 Å². The lowest BCUT2D eigenvalue weighted by Crippen LogP contribution is -2.26. The highest BCUT2D eigenvalue weighted by atomic mass is 32.2. The summed E-state index contributed by atoms with van der Waals surface area (Å²) in [5.41, 5.74) is 7.20. The zero-order chi connectivity index (χ0) is 15.2. The summed E-state index contributed by atoms with van der Waals surface area (Å²) in [5.74, 6) is -0.904. The van der Waals surface area contributed by atoms with Crippen molar-refractivity contribution in [3.05, 3.63) is 44.6 Å². The topological polar surface area (TPSA) is 138 Å². The number of halogens is 1. The number of sulfonamides is 1. The first-order chi connectivity index (χ1) is 9.38. The maximum atomic E-state index is 12.9. The van der Waals surface area contributed by atoms with Crippen LogP contribution in [0.15, 0.2) is 28.2 Å². The number of azide groups is 1. The Morgan fingerprint density at radius 3 is 2.80 bits per heavy atom. The van der Waals surface area contributed by atoms with Crippen molar-refractivity contribution in [2.75, 3.05) is 13.1 Å². The van der Waals surface area contributed by atoms with Gasteiger partial charge in [-0.05, 0) is 24.1 Å². The second-order valence-corrected chi connectivity index (χ2v) is 5.31. The number of nitrogens with one attached hydrogen (secondary N) is 1. The predicted octanol–water partition coefficient (Wildman–Crippen LogP) is 1.71. The molecule has 0 atom stereocenters. The smallest absolute Gasteiger partial charge is 0.258 e. The Labute approximate surface area is 113 Å². The van der Waals surface area contributed by atoms with E-state index in [0.29, 0.717) is 6.07 Å². The van der Waals surface area contributed by atoms with E-state index in [1.807, 2.05) is 0 Å². The van der Waals surface area contributed by atoms with E-state index in [1.165, 1.54) is 0 Å². The maximum Gasteiger partial charge on any atom is 0.292 e. The fourth-order valence-electron chi connectivity index (χ4n) is 1.34. The van der Waals surface area contributed by atoms with Crippen molar-refractivity contribution in [1.29, 1.82) is 0 Å². The van der Waals surface area contributed by atoms with Crippen LogP contribution in [0.4, 0.5) is 10.1 Å². The average molecular weight is 303 g/mol. The van der Waals surface area contributed by atoms with Crippen LogP contribution >= 0.6 is 0 Å². The normalized spacial score (nSPS) is 10.8. The van der Waals surface area contributed by atoms with Crippen LogP contribution in [0, 0.1) is 15.9 Å². The highest BCUT2D eigenvalue weighted by Gasteiger charge is 2.25. The molecular formula is C9H10FN5O4S. The molecule has 0 saturated heterocycles. The van der Waals surface area contributed by atoms with E-state index in [2.05, 4.69) is 14.7 Å². The molecule has 20 heavy (non-hydrogen) atoms. The molecule has 1 rings (SSSR count). The van der Waals surface area contributed by atoms with Gasteiger partial charge in [0, 0.05) is 18.0 Å². The van der Waals surface area contributed by atoms with E-state index >= 15 is 0 Å². The van der Waals surface area contributed by atoms with Gasteiger partial charge in [-0.3, -0.25) is 10.1 Å². The fraction of sp³-hybridized carbons (Fsp3) is 0.333. The SMILES string of the molecule is [N-]=[N+]=NCCCNS(=O)(=O)c1ccc(F)cc1[N+](=O)[O-]. The van der Waals surface area contributed by atoms with Crippen molar-refractivity contribution < 1.29 is 17.7 Å². The number of benzene rings is 1. The molecule has 9 nitrogen and oxygen atoms in total. The first-order valence-corrected chi connectivity index (χ1v) is 6.81. The largest absolute Gasteiger partial charge is 0.292 e. The number of hydrogen-bond donors (Lipinski definition) is 1. The first kappa shape index (κ1) is 15.8. The molecule has 11 heteroatoms. The van der Waals surface area contributed by atoms with Crippen LogP contribution in [0.1, 0.15) is 6.42 Å². The van der Waals surface area contributed by atoms with Gasteiger partial charge in [0.1, 0.15) is 5.82 Å². The Morgan fingerprint density at radius 1 is 1.50 bits per heavy atom. The van der Waals surface area contributed by atoms with E-state index in [-0.39, 0.29) is 19.5 Å². The van der Waals surface area contributed by atoms with Crippen LogP contribution in [0.3, 0.4) is 0 Å². The van der Waals surface area contributed by atoms with Gasteiger partial charge in [-0.15, -0.1) is 0 Å². The fourth-order valence-corrected chi connectivity index (χ4v) is 2.56. The molecule has 0 unspecified atom stereocenters. The minimum absolute atomic E-state index is 0.0596. The summed E-state index contributed by atoms with van der Waals surface area (Å²) in [4.78, 5) is 11.6. The van der Waals surface area contributed by atoms with E-state index < -0.39 is 31.3 Å². The molecule has 1 N–H and O–H groups in total. The summed E-state index contributed by atoms with van der Waals surface area (Å²) < 4.78 is 38.8. The van der Waals surface area contributed by atoms with Crippen LogP contribution in [-0.2, 0) is 10.0 Å². The van der Waals surface area contributed by atoms with Gasteiger partial charge in [0.15, 0.2) is 4.90 Å². The Hall–Kier alpha value is -2.23. The molecule has 0 heterocycles. The summed E-state index contributed by atoms with van der Waals surface area (Å²) >= 11 is 0. The molecule has 0 bridgehead atoms. The lowest BCUT2D eigenvalue weighted by Gasteiger charge is -2.06. The third-order valence-corrected chi connectivity index (χ3v) is 3.71. The molecule has 0 spiro atoms. The van der Waals surface area contributed by atoms with Crippen LogP contribution < -0.4 is 4.72 Å². The number of nitro groups is 1. The Balaban J connectivity index is 2.92. The van der Waals surface area contributed by atoms with Crippen molar-refractivity contribution >= 4 is 15.7 Å². The van der Waals surface area contributed by atoms with Crippen molar-refractivity contribution in [1.82, 2.24) is 4.72 Å². The summed E-state index contributed by atoms with van der Waals surface area (Å²) in [6.07, 6.45) is 0.234. The molecule has 1 aromatic carbocycles. The lowest BCUT2D eigenvalue weighted by molar-refractivity contribution is -0.388. The van der Waals surface area contributed by atoms with Gasteiger partial charge in [-0.2, -0.15) is 0 Å². The summed E-state index contributed by atoms with van der Waals surface area (Å²) in [6.45, 7) is 0.0282. The predicted molar refractivity (Wildman–Crippen MR) is 66.9 cm³/mol. The monoisotopic (exact) mass is 303 g/mol. The van der Waals surface area contributed by atoms with Crippen molar-refractivity contribution in [3.63, 3.8) is 0 Å². The summed E-state index contributed by atoms with van der Waals surface area (Å²) in [6, 6.07) is 2.18. The zero-order valence-electron chi connectivity index (χ0n) is 10.1. The Morgan fingerprint density at radius 2 is 2.20 bits per heavy atom. The van der Waals surface area contributed by atoms with Crippen LogP contribution in [0.2, 0.25) is 0 Å². The highest BCUT2D eigenvalue weighted by Crippen LogP contribution is 2.24. The molecular weight excluding hydrogens is 293 g/mol. The number of nitro benzene ring substituents is 1. The molecule has 0 radical (unpaired) electrons. The molecule has 1 aromatic rings. The van der Waals surface area contributed by atoms with Crippen LogP contribution in [0.25, 0.3) is 10.4 Å². The van der Waals surface area contributed by atoms with Crippen LogP contribution in [-0.4, -0.2) is 26.4 Å². The molecule has 108 valence electrons. The second kappa shape index (κ2) is 6.80. The quantitative estimate of drug-likeness (QED) is 0.204. The van der Waals surface area contributed by atoms with Crippen LogP contribution in [0.5, 0.6) is 0 Å². The number of hydrogen-bond acceptors (Lipinski definition) is 5. The van der Waals surface area contributed by atoms with E-state index in [4.69, 9.17) is 5.53 Å². The Bertz CT molecular complexity index is 656. The molecule has 0 aliphatic carbocycles. The molecule has 0 saturated carbocycles. The standard InChI is InChI=1S/C9H10FN5O4S/c10-7-2-3-9(8(6-7)15(16)17)20(18,19)13-5-1-4-12-14-11/h2-3,6,13H,1,4-5H2. The van der Waals surface area contributed by atoms with Crippen molar-refractivity contribution in [2.45, 2.75) is 11.3 Å². The van der Waals surface area contributed by atoms with E-state index in [1.54, 1.807) is 0 Å². The molecule has 0 aliphatic heterocycles. The zero-order valence-corrected chi connectivity index (χ0v) is 10.9. The molecule has 0 amide bonds. The maximum absolute atomic E-state index is 12.9. The van der Waals surface area contributed by atoms with Gasteiger partial charge < -0.3 is 0 Å². The number of nitrogens with zero attached hydrogens (tertiary/aromatic N) is 4. The molecule has 0 fully saturated rings. The first-order valence-electron chi connectivity index (χ1n) is 5.33. The third kappa shape index (κ3) is 4.16. The van der Waals surface area contributed by atoms with Gasteiger partial charge in [0.25, 0.3) is 5.69 Å². The minimum Gasteiger partial charge on any atom is -0.258 e. The van der Waals surface area contributed by atoms with Gasteiger partial charge in [0.2, 0.25) is 10.0 Å². The lowest BCUT2D eigenvalue weighted by atomic mass is 10.3. The average Bonchev–Trinajstić information content (AvgIpc) is 2.38. The molecule has 0 aromatic heterocycles. The molecule has 0 aliphatic rings. The van der Waals surface area contributed by atoms with E-state index in [0.717, 1.165) is 12.1 Å². The van der Waals surface area contributed by atoms with Gasteiger partial charge in [0.05, 0.1) is 11.0 Å². The highest BCUT2D eigenvalue weighted by molar-refractivity contribution is 7.89. The van der Waals surface area contributed by atoms with Crippen molar-refractivity contribution in [3.8, 4) is 0 Å². The summed E-state index contributed by atoms with van der Waals surface area (Å²) in [7, 11) is -4.13. The van der Waals surface area contributed by atoms with Crippen molar-refractivity contribution in [2.24, 2.45) is 5.11 Å².